The first-order chi connectivity index (χ1) is 17.3. The van der Waals surface area contributed by atoms with Crippen molar-refractivity contribution in [3.05, 3.63) is 53.2 Å². The summed E-state index contributed by atoms with van der Waals surface area (Å²) in [7, 11) is -3.23. The molecule has 0 aromatic carbocycles. The predicted octanol–water partition coefficient (Wildman–Crippen LogP) is 4.29. The molecule has 0 aliphatic carbocycles. The van der Waals surface area contributed by atoms with Gasteiger partial charge in [0.25, 0.3) is 0 Å². The van der Waals surface area contributed by atoms with Crippen LogP contribution in [0.2, 0.25) is 0 Å². The molecule has 0 radical (unpaired) electrons. The first-order valence-corrected chi connectivity index (χ1v) is 14.0. The molecule has 1 saturated heterocycles. The average Bonchev–Trinajstić information content (AvgIpc) is 3.19. The van der Waals surface area contributed by atoms with Gasteiger partial charge >= 0.3 is 6.18 Å². The predicted molar refractivity (Wildman–Crippen MR) is 130 cm³/mol. The summed E-state index contributed by atoms with van der Waals surface area (Å²) in [5, 5.41) is 0. The van der Waals surface area contributed by atoms with Crippen LogP contribution < -0.4 is 9.64 Å². The van der Waals surface area contributed by atoms with Crippen molar-refractivity contribution in [3.8, 4) is 5.75 Å². The molecule has 2 aromatic heterocycles. The number of nitrogens with zero attached hydrogens (tertiary/aromatic N) is 4. The number of fused-ring (bicyclic) bond motifs is 1. The summed E-state index contributed by atoms with van der Waals surface area (Å²) in [6, 6.07) is 2.51. The van der Waals surface area contributed by atoms with Gasteiger partial charge in [-0.1, -0.05) is 6.08 Å². The molecular formula is C25H28F4N4O3S. The Labute approximate surface area is 213 Å². The molecule has 7 nitrogen and oxygen atoms in total. The zero-order valence-electron chi connectivity index (χ0n) is 20.6. The summed E-state index contributed by atoms with van der Waals surface area (Å²) in [5.41, 5.74) is 1.29. The Morgan fingerprint density at radius 1 is 1.11 bits per heavy atom. The van der Waals surface area contributed by atoms with Crippen LogP contribution in [0.5, 0.6) is 5.75 Å². The summed E-state index contributed by atoms with van der Waals surface area (Å²) in [6.07, 6.45) is 3.49. The van der Waals surface area contributed by atoms with Crippen LogP contribution in [0.25, 0.3) is 5.57 Å². The van der Waals surface area contributed by atoms with Crippen LogP contribution in [0, 0.1) is 11.7 Å². The number of aromatic nitrogens is 2. The van der Waals surface area contributed by atoms with Crippen molar-refractivity contribution in [2.45, 2.75) is 44.4 Å². The number of piperidine rings is 1. The molecule has 2 aromatic rings. The molecule has 0 unspecified atom stereocenters. The van der Waals surface area contributed by atoms with E-state index in [1.165, 1.54) is 10.6 Å². The molecule has 200 valence electrons. The molecule has 0 saturated carbocycles. The van der Waals surface area contributed by atoms with E-state index < -0.39 is 33.2 Å². The SMILES string of the molecule is C[C@@]1(C2CCN(c3ncc(C(F)(F)F)cc3F)CC2)Cc2cc(C3=CCN(S(C)(=O)=O)CC3)ncc2O1. The van der Waals surface area contributed by atoms with Crippen molar-refractivity contribution in [2.75, 3.05) is 37.3 Å². The van der Waals surface area contributed by atoms with E-state index in [9.17, 15) is 26.0 Å². The zero-order chi connectivity index (χ0) is 26.6. The number of ether oxygens (including phenoxy) is 1. The number of sulfonamides is 1. The van der Waals surface area contributed by atoms with Crippen LogP contribution in [-0.4, -0.2) is 60.7 Å². The first kappa shape index (κ1) is 25.9. The van der Waals surface area contributed by atoms with Gasteiger partial charge in [-0.25, -0.2) is 17.8 Å². The maximum Gasteiger partial charge on any atom is 0.417 e. The lowest BCUT2D eigenvalue weighted by Gasteiger charge is -2.40. The third-order valence-corrected chi connectivity index (χ3v) is 8.88. The van der Waals surface area contributed by atoms with E-state index in [0.717, 1.165) is 22.6 Å². The Hall–Kier alpha value is -2.73. The normalized spacial score (nSPS) is 23.5. The van der Waals surface area contributed by atoms with Gasteiger partial charge < -0.3 is 9.64 Å². The summed E-state index contributed by atoms with van der Waals surface area (Å²) >= 11 is 0. The second kappa shape index (κ2) is 9.23. The zero-order valence-corrected chi connectivity index (χ0v) is 21.4. The Morgan fingerprint density at radius 3 is 2.43 bits per heavy atom. The van der Waals surface area contributed by atoms with E-state index in [1.54, 1.807) is 11.1 Å². The Bertz CT molecular complexity index is 1340. The molecule has 1 fully saturated rings. The largest absolute Gasteiger partial charge is 0.485 e. The van der Waals surface area contributed by atoms with E-state index in [1.807, 2.05) is 19.1 Å². The number of rotatable bonds is 4. The fourth-order valence-electron chi connectivity index (χ4n) is 5.49. The lowest BCUT2D eigenvalue weighted by Crippen LogP contribution is -2.46. The van der Waals surface area contributed by atoms with Gasteiger partial charge in [-0.05, 0) is 43.9 Å². The highest BCUT2D eigenvalue weighted by Crippen LogP contribution is 2.43. The third kappa shape index (κ3) is 5.18. The number of anilines is 1. The van der Waals surface area contributed by atoms with Crippen LogP contribution in [-0.2, 0) is 22.6 Å². The highest BCUT2D eigenvalue weighted by atomic mass is 32.2. The second-order valence-corrected chi connectivity index (χ2v) is 12.1. The van der Waals surface area contributed by atoms with Gasteiger partial charge in [-0.3, -0.25) is 4.98 Å². The average molecular weight is 541 g/mol. The molecule has 3 aliphatic rings. The molecule has 3 aliphatic heterocycles. The van der Waals surface area contributed by atoms with Crippen molar-refractivity contribution in [1.29, 1.82) is 0 Å². The molecule has 37 heavy (non-hydrogen) atoms. The highest BCUT2D eigenvalue weighted by Gasteiger charge is 2.44. The van der Waals surface area contributed by atoms with Crippen LogP contribution >= 0.6 is 0 Å². The van der Waals surface area contributed by atoms with Crippen molar-refractivity contribution < 1.29 is 30.7 Å². The van der Waals surface area contributed by atoms with Crippen molar-refractivity contribution in [1.82, 2.24) is 14.3 Å². The van der Waals surface area contributed by atoms with E-state index in [0.29, 0.717) is 64.1 Å². The van der Waals surface area contributed by atoms with Crippen molar-refractivity contribution in [2.24, 2.45) is 5.92 Å². The van der Waals surface area contributed by atoms with Crippen molar-refractivity contribution >= 4 is 21.4 Å². The third-order valence-electron chi connectivity index (χ3n) is 7.61. The lowest BCUT2D eigenvalue weighted by molar-refractivity contribution is -0.138. The molecule has 5 heterocycles. The molecular weight excluding hydrogens is 512 g/mol. The van der Waals surface area contributed by atoms with Gasteiger partial charge in [-0.2, -0.15) is 17.5 Å². The van der Waals surface area contributed by atoms with Gasteiger partial charge in [0.2, 0.25) is 10.0 Å². The van der Waals surface area contributed by atoms with Crippen LogP contribution in [0.3, 0.4) is 0 Å². The molecule has 0 spiro atoms. The van der Waals surface area contributed by atoms with Gasteiger partial charge in [0.05, 0.1) is 23.7 Å². The molecule has 5 rings (SSSR count). The standard InChI is InChI=1S/C25H28F4N4O3S/c1-24(18-5-7-32(8-6-18)23-20(26)12-19(14-31-23)25(27,28)29)13-17-11-21(30-15-22(17)36-24)16-3-9-33(10-4-16)37(2,34)35/h3,11-12,14-15,18H,4-10,13H2,1-2H3/t24-/m0/s1. The van der Waals surface area contributed by atoms with E-state index in [2.05, 4.69) is 9.97 Å². The van der Waals surface area contributed by atoms with E-state index in [-0.39, 0.29) is 11.7 Å². The molecule has 0 bridgehead atoms. The maximum atomic E-state index is 14.4. The second-order valence-electron chi connectivity index (χ2n) is 10.2. The molecule has 1 atom stereocenters. The fraction of sp³-hybridized carbons (Fsp3) is 0.520. The highest BCUT2D eigenvalue weighted by molar-refractivity contribution is 7.88. The monoisotopic (exact) mass is 540 g/mol. The summed E-state index contributed by atoms with van der Waals surface area (Å²) in [5.74, 6) is -0.150. The van der Waals surface area contributed by atoms with Gasteiger partial charge in [0.1, 0.15) is 11.4 Å². The summed E-state index contributed by atoms with van der Waals surface area (Å²) in [6.45, 7) is 3.72. The van der Waals surface area contributed by atoms with Crippen LogP contribution in [0.4, 0.5) is 23.4 Å². The van der Waals surface area contributed by atoms with E-state index >= 15 is 0 Å². The summed E-state index contributed by atoms with van der Waals surface area (Å²) < 4.78 is 84.3. The smallest absolute Gasteiger partial charge is 0.417 e. The first-order valence-electron chi connectivity index (χ1n) is 12.1. The summed E-state index contributed by atoms with van der Waals surface area (Å²) in [4.78, 5) is 10.0. The molecule has 0 amide bonds. The van der Waals surface area contributed by atoms with Crippen LogP contribution in [0.1, 0.15) is 43.0 Å². The Balaban J connectivity index is 1.24. The number of hydrogen-bond acceptors (Lipinski definition) is 6. The van der Waals surface area contributed by atoms with Gasteiger partial charge in [-0.15, -0.1) is 0 Å². The Kier molecular flexibility index (Phi) is 6.46. The Morgan fingerprint density at radius 2 is 1.84 bits per heavy atom. The van der Waals surface area contributed by atoms with Gasteiger partial charge in [0.15, 0.2) is 11.6 Å². The van der Waals surface area contributed by atoms with Crippen molar-refractivity contribution in [3.63, 3.8) is 0 Å². The minimum absolute atomic E-state index is 0.0590. The molecule has 12 heteroatoms. The quantitative estimate of drug-likeness (QED) is 0.539. The topological polar surface area (TPSA) is 75.6 Å². The number of halogens is 4. The minimum atomic E-state index is -4.64. The number of hydrogen-bond donors (Lipinski definition) is 0. The fourth-order valence-corrected chi connectivity index (χ4v) is 6.26. The van der Waals surface area contributed by atoms with E-state index in [4.69, 9.17) is 4.74 Å². The minimum Gasteiger partial charge on any atom is -0.485 e. The number of alkyl halides is 3. The van der Waals surface area contributed by atoms with Crippen LogP contribution in [0.15, 0.2) is 30.6 Å². The number of pyridine rings is 2. The molecule has 0 N–H and O–H groups in total. The lowest BCUT2D eigenvalue weighted by atomic mass is 9.79. The van der Waals surface area contributed by atoms with Gasteiger partial charge in [0, 0.05) is 50.3 Å². The maximum absolute atomic E-state index is 14.4.